The summed E-state index contributed by atoms with van der Waals surface area (Å²) in [6.45, 7) is 3.93. The fourth-order valence-electron chi connectivity index (χ4n) is 2.87. The zero-order valence-corrected chi connectivity index (χ0v) is 11.3. The number of amides is 1. The molecule has 0 aromatic rings. The fraction of sp³-hybridized carbons (Fsp3) is 0.846. The van der Waals surface area contributed by atoms with Crippen molar-refractivity contribution in [2.24, 2.45) is 11.1 Å². The molecule has 2 rings (SSSR count). The van der Waals surface area contributed by atoms with E-state index in [-0.39, 0.29) is 17.7 Å². The minimum atomic E-state index is -0.768. The summed E-state index contributed by atoms with van der Waals surface area (Å²) >= 11 is 0. The number of carbonyl (C=O) groups is 2. The van der Waals surface area contributed by atoms with Crippen LogP contribution in [0.2, 0.25) is 0 Å². The number of nitrogens with zero attached hydrogens (tertiary/aromatic N) is 2. The Morgan fingerprint density at radius 2 is 1.79 bits per heavy atom. The molecule has 1 aliphatic heterocycles. The maximum absolute atomic E-state index is 12.4. The van der Waals surface area contributed by atoms with Crippen molar-refractivity contribution in [1.29, 1.82) is 0 Å². The molecule has 6 nitrogen and oxygen atoms in total. The van der Waals surface area contributed by atoms with Crippen LogP contribution in [0.1, 0.15) is 25.7 Å². The third-order valence-electron chi connectivity index (χ3n) is 4.46. The van der Waals surface area contributed by atoms with Gasteiger partial charge in [-0.1, -0.05) is 6.42 Å². The standard InChI is InChI=1S/C13H23N3O3/c14-10-13(3-1-4-13)12(19)16-8-6-15(7-9-16)5-2-11(17)18/h1-10,14H2,(H,17,18). The van der Waals surface area contributed by atoms with Gasteiger partial charge in [0.2, 0.25) is 5.91 Å². The van der Waals surface area contributed by atoms with Gasteiger partial charge in [0.15, 0.2) is 0 Å². The van der Waals surface area contributed by atoms with Crippen LogP contribution < -0.4 is 5.73 Å². The van der Waals surface area contributed by atoms with Gasteiger partial charge >= 0.3 is 5.97 Å². The van der Waals surface area contributed by atoms with Crippen LogP contribution in [0.5, 0.6) is 0 Å². The molecule has 108 valence electrons. The molecular weight excluding hydrogens is 246 g/mol. The fourth-order valence-corrected chi connectivity index (χ4v) is 2.87. The molecule has 1 saturated heterocycles. The number of hydrogen-bond acceptors (Lipinski definition) is 4. The first-order valence-corrected chi connectivity index (χ1v) is 7.01. The van der Waals surface area contributed by atoms with Gasteiger partial charge in [-0.05, 0) is 12.8 Å². The molecule has 0 radical (unpaired) electrons. The van der Waals surface area contributed by atoms with Crippen molar-refractivity contribution >= 4 is 11.9 Å². The second kappa shape index (κ2) is 5.88. The molecule has 1 aliphatic carbocycles. The predicted octanol–water partition coefficient (Wildman–Crippen LogP) is -0.266. The van der Waals surface area contributed by atoms with E-state index in [1.807, 2.05) is 4.90 Å². The molecule has 2 aliphatic rings. The highest BCUT2D eigenvalue weighted by Crippen LogP contribution is 2.41. The molecule has 3 N–H and O–H groups in total. The molecular formula is C13H23N3O3. The van der Waals surface area contributed by atoms with Crippen LogP contribution in [0, 0.1) is 5.41 Å². The molecule has 2 fully saturated rings. The van der Waals surface area contributed by atoms with Crippen LogP contribution in [0.4, 0.5) is 0 Å². The molecule has 19 heavy (non-hydrogen) atoms. The van der Waals surface area contributed by atoms with E-state index in [1.165, 1.54) is 0 Å². The number of carboxylic acids is 1. The lowest BCUT2D eigenvalue weighted by molar-refractivity contribution is -0.149. The lowest BCUT2D eigenvalue weighted by Crippen LogP contribution is -2.57. The Morgan fingerprint density at radius 3 is 2.21 bits per heavy atom. The van der Waals surface area contributed by atoms with Crippen molar-refractivity contribution in [2.45, 2.75) is 25.7 Å². The normalized spacial score (nSPS) is 22.9. The first-order chi connectivity index (χ1) is 9.07. The van der Waals surface area contributed by atoms with E-state index in [9.17, 15) is 9.59 Å². The highest BCUT2D eigenvalue weighted by Gasteiger charge is 2.45. The van der Waals surface area contributed by atoms with Gasteiger partial charge in [-0.3, -0.25) is 14.5 Å². The molecule has 1 heterocycles. The van der Waals surface area contributed by atoms with Gasteiger partial charge in [0.1, 0.15) is 0 Å². The Balaban J connectivity index is 1.79. The summed E-state index contributed by atoms with van der Waals surface area (Å²) in [6, 6.07) is 0. The van der Waals surface area contributed by atoms with Crippen molar-refractivity contribution in [3.05, 3.63) is 0 Å². The van der Waals surface area contributed by atoms with Gasteiger partial charge in [0, 0.05) is 39.3 Å². The molecule has 1 amide bonds. The lowest BCUT2D eigenvalue weighted by Gasteiger charge is -2.45. The summed E-state index contributed by atoms with van der Waals surface area (Å²) in [4.78, 5) is 27.0. The highest BCUT2D eigenvalue weighted by molar-refractivity contribution is 5.84. The molecule has 0 unspecified atom stereocenters. The summed E-state index contributed by atoms with van der Waals surface area (Å²) < 4.78 is 0. The molecule has 0 aromatic carbocycles. The summed E-state index contributed by atoms with van der Waals surface area (Å²) in [6.07, 6.45) is 3.10. The van der Waals surface area contributed by atoms with Crippen molar-refractivity contribution in [1.82, 2.24) is 9.80 Å². The Labute approximate surface area is 113 Å². The minimum Gasteiger partial charge on any atom is -0.481 e. The number of carboxylic acid groups (broad SMARTS) is 1. The van der Waals surface area contributed by atoms with Crippen LogP contribution in [0.25, 0.3) is 0 Å². The second-order valence-electron chi connectivity index (χ2n) is 5.62. The number of aliphatic carboxylic acids is 1. The average molecular weight is 269 g/mol. The van der Waals surface area contributed by atoms with E-state index in [0.29, 0.717) is 26.2 Å². The first-order valence-electron chi connectivity index (χ1n) is 7.01. The minimum absolute atomic E-state index is 0.167. The van der Waals surface area contributed by atoms with Crippen LogP contribution in [-0.2, 0) is 9.59 Å². The van der Waals surface area contributed by atoms with E-state index in [2.05, 4.69) is 4.90 Å². The molecule has 0 aromatic heterocycles. The van der Waals surface area contributed by atoms with E-state index < -0.39 is 5.97 Å². The number of carbonyl (C=O) groups excluding carboxylic acids is 1. The predicted molar refractivity (Wildman–Crippen MR) is 70.6 cm³/mol. The monoisotopic (exact) mass is 269 g/mol. The van der Waals surface area contributed by atoms with E-state index in [1.54, 1.807) is 0 Å². The quantitative estimate of drug-likeness (QED) is 0.717. The summed E-state index contributed by atoms with van der Waals surface area (Å²) in [5.74, 6) is -0.561. The van der Waals surface area contributed by atoms with Crippen LogP contribution in [0.3, 0.4) is 0 Å². The Bertz CT molecular complexity index is 342. The number of rotatable bonds is 5. The lowest BCUT2D eigenvalue weighted by atomic mass is 9.67. The highest BCUT2D eigenvalue weighted by atomic mass is 16.4. The number of nitrogens with two attached hydrogens (primary N) is 1. The van der Waals surface area contributed by atoms with Gasteiger partial charge in [-0.2, -0.15) is 0 Å². The maximum atomic E-state index is 12.4. The average Bonchev–Trinajstić information content (AvgIpc) is 2.36. The summed E-state index contributed by atoms with van der Waals surface area (Å²) in [7, 11) is 0. The Kier molecular flexibility index (Phi) is 4.42. The SMILES string of the molecule is NCC1(C(=O)N2CCN(CCC(=O)O)CC2)CCC1. The molecule has 0 bridgehead atoms. The van der Waals surface area contributed by atoms with Gasteiger partial charge in [-0.15, -0.1) is 0 Å². The van der Waals surface area contributed by atoms with Crippen molar-refractivity contribution in [3.63, 3.8) is 0 Å². The van der Waals surface area contributed by atoms with Crippen molar-refractivity contribution in [3.8, 4) is 0 Å². The van der Waals surface area contributed by atoms with Gasteiger partial charge in [-0.25, -0.2) is 0 Å². The molecule has 0 spiro atoms. The Morgan fingerprint density at radius 1 is 1.16 bits per heavy atom. The largest absolute Gasteiger partial charge is 0.481 e. The van der Waals surface area contributed by atoms with Crippen molar-refractivity contribution in [2.75, 3.05) is 39.3 Å². The third-order valence-corrected chi connectivity index (χ3v) is 4.46. The number of hydrogen-bond donors (Lipinski definition) is 2. The van der Waals surface area contributed by atoms with E-state index in [4.69, 9.17) is 10.8 Å². The second-order valence-corrected chi connectivity index (χ2v) is 5.62. The van der Waals surface area contributed by atoms with Crippen LogP contribution in [-0.4, -0.2) is 66.1 Å². The smallest absolute Gasteiger partial charge is 0.304 e. The van der Waals surface area contributed by atoms with Crippen LogP contribution >= 0.6 is 0 Å². The maximum Gasteiger partial charge on any atom is 0.304 e. The molecule has 1 saturated carbocycles. The zero-order valence-electron chi connectivity index (χ0n) is 11.3. The first kappa shape index (κ1) is 14.3. The van der Waals surface area contributed by atoms with Gasteiger partial charge in [0.25, 0.3) is 0 Å². The number of piperazine rings is 1. The van der Waals surface area contributed by atoms with E-state index >= 15 is 0 Å². The Hall–Kier alpha value is -1.14. The van der Waals surface area contributed by atoms with Crippen LogP contribution in [0.15, 0.2) is 0 Å². The topological polar surface area (TPSA) is 86.9 Å². The van der Waals surface area contributed by atoms with Crippen molar-refractivity contribution < 1.29 is 14.7 Å². The molecule has 0 atom stereocenters. The molecule has 6 heteroatoms. The third kappa shape index (κ3) is 3.06. The van der Waals surface area contributed by atoms with Gasteiger partial charge in [0.05, 0.1) is 11.8 Å². The zero-order chi connectivity index (χ0) is 13.9. The summed E-state index contributed by atoms with van der Waals surface area (Å²) in [5.41, 5.74) is 5.47. The van der Waals surface area contributed by atoms with E-state index in [0.717, 1.165) is 32.4 Å². The van der Waals surface area contributed by atoms with Gasteiger partial charge < -0.3 is 15.7 Å². The summed E-state index contributed by atoms with van der Waals surface area (Å²) in [5, 5.41) is 8.66.